The van der Waals surface area contributed by atoms with Crippen LogP contribution in [-0.2, 0) is 26.0 Å². The minimum atomic E-state index is -3.98. The fraction of sp³-hybridized carbons (Fsp3) is 0.300. The molecular formula is C20H21BrN2O5S. The maximum atomic E-state index is 13.1. The van der Waals surface area contributed by atoms with Gasteiger partial charge in [0, 0.05) is 23.1 Å². The molecule has 1 atom stereocenters. The van der Waals surface area contributed by atoms with E-state index >= 15 is 0 Å². The Hall–Kier alpha value is -2.39. The Morgan fingerprint density at radius 3 is 2.48 bits per heavy atom. The number of carbonyl (C=O) groups is 2. The van der Waals surface area contributed by atoms with E-state index in [9.17, 15) is 18.0 Å². The van der Waals surface area contributed by atoms with Gasteiger partial charge in [-0.3, -0.25) is 9.52 Å². The average Bonchev–Trinajstić information content (AvgIpc) is 2.97. The first-order valence-corrected chi connectivity index (χ1v) is 11.3. The molecule has 29 heavy (non-hydrogen) atoms. The number of halogens is 1. The van der Waals surface area contributed by atoms with E-state index in [4.69, 9.17) is 4.74 Å². The molecule has 9 heteroatoms. The number of sulfonamides is 1. The summed E-state index contributed by atoms with van der Waals surface area (Å²) in [6.45, 7) is 5.27. The third-order valence-corrected chi connectivity index (χ3v) is 6.45. The molecule has 1 heterocycles. The third kappa shape index (κ3) is 4.30. The molecular weight excluding hydrogens is 460 g/mol. The van der Waals surface area contributed by atoms with E-state index in [0.717, 1.165) is 5.56 Å². The Kier molecular flexibility index (Phi) is 6.00. The quantitative estimate of drug-likeness (QED) is 0.658. The van der Waals surface area contributed by atoms with Gasteiger partial charge in [0.1, 0.15) is 4.90 Å². The number of rotatable bonds is 5. The highest BCUT2D eigenvalue weighted by Crippen LogP contribution is 2.40. The summed E-state index contributed by atoms with van der Waals surface area (Å²) in [6.07, 6.45) is 0.575. The molecule has 0 fully saturated rings. The van der Waals surface area contributed by atoms with Crippen LogP contribution in [-0.4, -0.2) is 32.9 Å². The Balaban J connectivity index is 1.97. The zero-order valence-corrected chi connectivity index (χ0v) is 18.6. The number of amides is 1. The molecule has 2 aromatic carbocycles. The van der Waals surface area contributed by atoms with Crippen LogP contribution in [0.2, 0.25) is 0 Å². The standard InChI is InChI=1S/C20H21BrN2O5S/c1-4-28-20(25)14-5-7-17(8-6-14)22-29(26,27)18-11-16(21)10-15-9-12(2)23(13(3)24)19(15)18/h5-8,10-12,22H,4,9H2,1-3H3. The lowest BCUT2D eigenvalue weighted by Gasteiger charge is -2.23. The van der Waals surface area contributed by atoms with Crippen LogP contribution in [0.3, 0.4) is 0 Å². The van der Waals surface area contributed by atoms with Gasteiger partial charge < -0.3 is 9.64 Å². The number of carbonyl (C=O) groups excluding carboxylic acids is 2. The Labute approximate surface area is 178 Å². The van der Waals surface area contributed by atoms with Gasteiger partial charge in [0.25, 0.3) is 10.0 Å². The van der Waals surface area contributed by atoms with E-state index in [2.05, 4.69) is 20.7 Å². The number of anilines is 2. The van der Waals surface area contributed by atoms with Crippen molar-refractivity contribution in [2.75, 3.05) is 16.2 Å². The number of nitrogens with zero attached hydrogens (tertiary/aromatic N) is 1. The Morgan fingerprint density at radius 1 is 1.24 bits per heavy atom. The van der Waals surface area contributed by atoms with Gasteiger partial charge >= 0.3 is 5.97 Å². The van der Waals surface area contributed by atoms with Crippen molar-refractivity contribution in [3.63, 3.8) is 0 Å². The maximum Gasteiger partial charge on any atom is 0.338 e. The molecule has 7 nitrogen and oxygen atoms in total. The van der Waals surface area contributed by atoms with Crippen molar-refractivity contribution < 1.29 is 22.7 Å². The van der Waals surface area contributed by atoms with Crippen LogP contribution in [0.25, 0.3) is 0 Å². The second kappa shape index (κ2) is 8.16. The van der Waals surface area contributed by atoms with Crippen molar-refractivity contribution >= 4 is 49.2 Å². The van der Waals surface area contributed by atoms with Crippen molar-refractivity contribution in [3.8, 4) is 0 Å². The maximum absolute atomic E-state index is 13.1. The first-order chi connectivity index (χ1) is 13.6. The first-order valence-electron chi connectivity index (χ1n) is 9.06. The number of hydrogen-bond acceptors (Lipinski definition) is 5. The molecule has 1 amide bonds. The molecule has 0 spiro atoms. The van der Waals surface area contributed by atoms with E-state index in [0.29, 0.717) is 27.8 Å². The first kappa shape index (κ1) is 21.3. The molecule has 154 valence electrons. The molecule has 1 aliphatic rings. The van der Waals surface area contributed by atoms with Crippen LogP contribution in [0.1, 0.15) is 36.7 Å². The van der Waals surface area contributed by atoms with Crippen LogP contribution in [0.4, 0.5) is 11.4 Å². The average molecular weight is 481 g/mol. The molecule has 0 aliphatic carbocycles. The van der Waals surface area contributed by atoms with Crippen molar-refractivity contribution in [1.82, 2.24) is 0 Å². The number of esters is 1. The van der Waals surface area contributed by atoms with E-state index < -0.39 is 16.0 Å². The molecule has 1 N–H and O–H groups in total. The van der Waals surface area contributed by atoms with Crippen LogP contribution in [0.15, 0.2) is 45.8 Å². The zero-order valence-electron chi connectivity index (χ0n) is 16.2. The molecule has 3 rings (SSSR count). The van der Waals surface area contributed by atoms with Gasteiger partial charge in [-0.05, 0) is 62.2 Å². The van der Waals surface area contributed by atoms with E-state index in [1.54, 1.807) is 6.92 Å². The largest absolute Gasteiger partial charge is 0.462 e. The monoisotopic (exact) mass is 480 g/mol. The predicted molar refractivity (Wildman–Crippen MR) is 114 cm³/mol. The lowest BCUT2D eigenvalue weighted by molar-refractivity contribution is -0.116. The summed E-state index contributed by atoms with van der Waals surface area (Å²) >= 11 is 3.36. The minimum absolute atomic E-state index is 0.0240. The summed E-state index contributed by atoms with van der Waals surface area (Å²) in [7, 11) is -3.98. The predicted octanol–water partition coefficient (Wildman–Crippen LogP) is 3.72. The van der Waals surface area contributed by atoms with Crippen LogP contribution in [0, 0.1) is 0 Å². The number of fused-ring (bicyclic) bond motifs is 1. The van der Waals surface area contributed by atoms with Crippen molar-refractivity contribution in [2.45, 2.75) is 38.1 Å². The highest BCUT2D eigenvalue weighted by Gasteiger charge is 2.35. The normalized spacial score (nSPS) is 15.7. The lowest BCUT2D eigenvalue weighted by Crippen LogP contribution is -2.34. The summed E-state index contributed by atoms with van der Waals surface area (Å²) in [5, 5.41) is 0. The molecule has 1 unspecified atom stereocenters. The van der Waals surface area contributed by atoms with Gasteiger partial charge in [0.15, 0.2) is 0 Å². The molecule has 2 aromatic rings. The van der Waals surface area contributed by atoms with Gasteiger partial charge in [-0.2, -0.15) is 0 Å². The van der Waals surface area contributed by atoms with E-state index in [1.165, 1.54) is 42.2 Å². The van der Waals surface area contributed by atoms with Crippen molar-refractivity contribution in [2.24, 2.45) is 0 Å². The van der Waals surface area contributed by atoms with Crippen LogP contribution < -0.4 is 9.62 Å². The Bertz CT molecular complexity index is 1070. The second-order valence-electron chi connectivity index (χ2n) is 6.76. The van der Waals surface area contributed by atoms with Crippen LogP contribution in [0.5, 0.6) is 0 Å². The molecule has 0 bridgehead atoms. The topological polar surface area (TPSA) is 92.8 Å². The fourth-order valence-corrected chi connectivity index (χ4v) is 5.44. The molecule has 0 saturated carbocycles. The lowest BCUT2D eigenvalue weighted by atomic mass is 10.1. The number of hydrogen-bond donors (Lipinski definition) is 1. The third-order valence-electron chi connectivity index (χ3n) is 4.59. The zero-order chi connectivity index (χ0) is 21.3. The SMILES string of the molecule is CCOC(=O)c1ccc(NS(=O)(=O)c2cc(Br)cc3c2N(C(C)=O)C(C)C3)cc1. The van der Waals surface area contributed by atoms with Gasteiger partial charge in [0.05, 0.1) is 17.9 Å². The number of benzene rings is 2. The number of ether oxygens (including phenoxy) is 1. The summed E-state index contributed by atoms with van der Waals surface area (Å²) in [6, 6.07) is 9.16. The summed E-state index contributed by atoms with van der Waals surface area (Å²) in [5.41, 5.74) is 1.82. The van der Waals surface area contributed by atoms with E-state index in [1.807, 2.05) is 13.0 Å². The van der Waals surface area contributed by atoms with Gasteiger partial charge in [-0.15, -0.1) is 0 Å². The smallest absolute Gasteiger partial charge is 0.338 e. The fourth-order valence-electron chi connectivity index (χ4n) is 3.46. The molecule has 0 radical (unpaired) electrons. The summed E-state index contributed by atoms with van der Waals surface area (Å²) in [5.74, 6) is -0.688. The van der Waals surface area contributed by atoms with Gasteiger partial charge in [0.2, 0.25) is 5.91 Å². The van der Waals surface area contributed by atoms with Crippen molar-refractivity contribution in [1.29, 1.82) is 0 Å². The molecule has 0 saturated heterocycles. The highest BCUT2D eigenvalue weighted by atomic mass is 79.9. The van der Waals surface area contributed by atoms with Gasteiger partial charge in [-0.25, -0.2) is 13.2 Å². The summed E-state index contributed by atoms with van der Waals surface area (Å²) in [4.78, 5) is 25.4. The molecule has 0 aromatic heterocycles. The minimum Gasteiger partial charge on any atom is -0.462 e. The molecule has 1 aliphatic heterocycles. The van der Waals surface area contributed by atoms with Crippen LogP contribution >= 0.6 is 15.9 Å². The van der Waals surface area contributed by atoms with Crippen molar-refractivity contribution in [3.05, 3.63) is 52.0 Å². The second-order valence-corrected chi connectivity index (χ2v) is 9.32. The van der Waals surface area contributed by atoms with E-state index in [-0.39, 0.29) is 23.5 Å². The Morgan fingerprint density at radius 2 is 1.90 bits per heavy atom. The number of nitrogens with one attached hydrogen (secondary N) is 1. The highest BCUT2D eigenvalue weighted by molar-refractivity contribution is 9.10. The van der Waals surface area contributed by atoms with Gasteiger partial charge in [-0.1, -0.05) is 15.9 Å². The summed E-state index contributed by atoms with van der Waals surface area (Å²) < 4.78 is 34.4.